The van der Waals surface area contributed by atoms with Crippen LogP contribution in [0, 0.1) is 0 Å². The van der Waals surface area contributed by atoms with Gasteiger partial charge in [0.15, 0.2) is 0 Å². The van der Waals surface area contributed by atoms with Gasteiger partial charge in [-0.1, -0.05) is 28.1 Å². The fourth-order valence-electron chi connectivity index (χ4n) is 1.87. The molecular weight excluding hydrogens is 342 g/mol. The molecule has 1 aromatic heterocycles. The largest absolute Gasteiger partial charge is 0.312 e. The monoisotopic (exact) mass is 357 g/mol. The topological polar surface area (TPSA) is 71.1 Å². The lowest BCUT2D eigenvalue weighted by Crippen LogP contribution is -2.29. The quantitative estimate of drug-likeness (QED) is 0.771. The molecule has 0 aliphatic heterocycles. The maximum absolute atomic E-state index is 11.3. The summed E-state index contributed by atoms with van der Waals surface area (Å²) in [7, 11) is -1.74. The van der Waals surface area contributed by atoms with Crippen molar-refractivity contribution in [2.24, 2.45) is 0 Å². The second-order valence-corrected chi connectivity index (χ2v) is 7.21. The van der Waals surface area contributed by atoms with Crippen LogP contribution in [-0.4, -0.2) is 32.7 Å². The first-order chi connectivity index (χ1) is 9.53. The van der Waals surface area contributed by atoms with Crippen LogP contribution < -0.4 is 10.0 Å². The molecule has 0 saturated carbocycles. The van der Waals surface area contributed by atoms with Gasteiger partial charge in [0.05, 0.1) is 11.3 Å². The summed E-state index contributed by atoms with van der Waals surface area (Å²) in [5.41, 5.74) is 1.97. The van der Waals surface area contributed by atoms with Crippen LogP contribution in [-0.2, 0) is 16.6 Å². The van der Waals surface area contributed by atoms with Crippen LogP contribution >= 0.6 is 15.9 Å². The van der Waals surface area contributed by atoms with E-state index in [9.17, 15) is 8.42 Å². The van der Waals surface area contributed by atoms with Crippen LogP contribution in [0.2, 0.25) is 0 Å². The summed E-state index contributed by atoms with van der Waals surface area (Å²) in [5.74, 6) is 0.0609. The number of benzene rings is 1. The third-order valence-electron chi connectivity index (χ3n) is 2.97. The van der Waals surface area contributed by atoms with E-state index in [4.69, 9.17) is 0 Å². The average molecular weight is 358 g/mol. The summed E-state index contributed by atoms with van der Waals surface area (Å²) in [4.78, 5) is 4.39. The number of hydrogen-bond donors (Lipinski definition) is 2. The minimum atomic E-state index is -3.16. The number of aromatic nitrogens is 1. The number of rotatable bonds is 6. The molecule has 0 spiro atoms. The van der Waals surface area contributed by atoms with Gasteiger partial charge in [-0.05, 0) is 24.7 Å². The summed E-state index contributed by atoms with van der Waals surface area (Å²) in [6.07, 6.45) is 1.75. The summed E-state index contributed by atoms with van der Waals surface area (Å²) >= 11 is 3.50. The molecule has 0 fully saturated rings. The van der Waals surface area contributed by atoms with Crippen molar-refractivity contribution in [1.29, 1.82) is 0 Å². The predicted octanol–water partition coefficient (Wildman–Crippen LogP) is 1.64. The zero-order chi connectivity index (χ0) is 14.6. The molecule has 0 saturated heterocycles. The summed E-state index contributed by atoms with van der Waals surface area (Å²) in [6, 6.07) is 7.86. The van der Waals surface area contributed by atoms with E-state index < -0.39 is 10.0 Å². The van der Waals surface area contributed by atoms with E-state index in [-0.39, 0.29) is 5.75 Å². The lowest BCUT2D eigenvalue weighted by Gasteiger charge is -2.09. The lowest BCUT2D eigenvalue weighted by atomic mass is 10.1. The Morgan fingerprint density at radius 2 is 2.10 bits per heavy atom. The van der Waals surface area contributed by atoms with Crippen LogP contribution in [0.4, 0.5) is 0 Å². The Kier molecular flexibility index (Phi) is 5.09. The van der Waals surface area contributed by atoms with Gasteiger partial charge in [0.25, 0.3) is 0 Å². The van der Waals surface area contributed by atoms with Gasteiger partial charge in [-0.2, -0.15) is 0 Å². The Bertz CT molecular complexity index is 704. The van der Waals surface area contributed by atoms with Gasteiger partial charge in [0.1, 0.15) is 0 Å². The molecule has 2 N–H and O–H groups in total. The van der Waals surface area contributed by atoms with E-state index in [2.05, 4.69) is 31.0 Å². The molecule has 1 heterocycles. The molecule has 0 amide bonds. The number of nitrogens with one attached hydrogen (secondary N) is 2. The van der Waals surface area contributed by atoms with E-state index in [1.165, 1.54) is 7.05 Å². The Morgan fingerprint density at radius 3 is 2.85 bits per heavy atom. The highest BCUT2D eigenvalue weighted by atomic mass is 79.9. The van der Waals surface area contributed by atoms with Crippen LogP contribution in [0.15, 0.2) is 34.9 Å². The fourth-order valence-corrected chi connectivity index (χ4v) is 2.94. The fraction of sp³-hybridized carbons (Fsp3) is 0.308. The average Bonchev–Trinajstić information content (AvgIpc) is 2.46. The molecule has 7 heteroatoms. The molecule has 0 bridgehead atoms. The smallest absolute Gasteiger partial charge is 0.212 e. The third kappa shape index (κ3) is 3.76. The van der Waals surface area contributed by atoms with Crippen molar-refractivity contribution in [3.8, 4) is 0 Å². The van der Waals surface area contributed by atoms with E-state index in [1.54, 1.807) is 6.20 Å². The van der Waals surface area contributed by atoms with Crippen molar-refractivity contribution in [2.75, 3.05) is 19.3 Å². The van der Waals surface area contributed by atoms with E-state index in [0.29, 0.717) is 13.1 Å². The SMILES string of the molecule is CNS(=O)(=O)CCNCc1ccc(Br)c2cccnc12. The first kappa shape index (κ1) is 15.4. The second kappa shape index (κ2) is 6.62. The molecule has 0 aliphatic carbocycles. The van der Waals surface area contributed by atoms with Gasteiger partial charge in [0, 0.05) is 29.1 Å². The highest BCUT2D eigenvalue weighted by Gasteiger charge is 2.07. The van der Waals surface area contributed by atoms with Gasteiger partial charge in [0.2, 0.25) is 10.0 Å². The zero-order valence-corrected chi connectivity index (χ0v) is 13.5. The highest BCUT2D eigenvalue weighted by molar-refractivity contribution is 9.10. The minimum absolute atomic E-state index is 0.0609. The zero-order valence-electron chi connectivity index (χ0n) is 11.1. The maximum atomic E-state index is 11.3. The van der Waals surface area contributed by atoms with Crippen molar-refractivity contribution in [1.82, 2.24) is 15.0 Å². The summed E-state index contributed by atoms with van der Waals surface area (Å²) < 4.78 is 25.9. The van der Waals surface area contributed by atoms with Gasteiger partial charge < -0.3 is 5.32 Å². The van der Waals surface area contributed by atoms with Crippen molar-refractivity contribution in [2.45, 2.75) is 6.54 Å². The number of sulfonamides is 1. The number of nitrogens with zero attached hydrogens (tertiary/aromatic N) is 1. The molecule has 2 aromatic rings. The van der Waals surface area contributed by atoms with Crippen LogP contribution in [0.25, 0.3) is 10.9 Å². The Balaban J connectivity index is 2.06. The Labute approximate surface area is 127 Å². The molecule has 0 atom stereocenters. The van der Waals surface area contributed by atoms with Gasteiger partial charge in [-0.3, -0.25) is 4.98 Å². The van der Waals surface area contributed by atoms with Crippen LogP contribution in [0.5, 0.6) is 0 Å². The molecule has 0 unspecified atom stereocenters. The Hall–Kier alpha value is -1.02. The minimum Gasteiger partial charge on any atom is -0.312 e. The molecule has 5 nitrogen and oxygen atoms in total. The molecule has 0 radical (unpaired) electrons. The summed E-state index contributed by atoms with van der Waals surface area (Å²) in [5, 5.41) is 4.18. The number of pyridine rings is 1. The number of halogens is 1. The molecular formula is C13H16BrN3O2S. The van der Waals surface area contributed by atoms with Gasteiger partial charge >= 0.3 is 0 Å². The molecule has 2 rings (SSSR count). The standard InChI is InChI=1S/C13H16BrN3O2S/c1-15-20(18,19)8-7-16-9-10-4-5-12(14)11-3-2-6-17-13(10)11/h2-6,15-16H,7-9H2,1H3. The Morgan fingerprint density at radius 1 is 1.30 bits per heavy atom. The highest BCUT2D eigenvalue weighted by Crippen LogP contribution is 2.24. The number of hydrogen-bond acceptors (Lipinski definition) is 4. The molecule has 1 aromatic carbocycles. The molecule has 20 heavy (non-hydrogen) atoms. The first-order valence-corrected chi connectivity index (χ1v) is 8.62. The van der Waals surface area contributed by atoms with Crippen molar-refractivity contribution in [3.63, 3.8) is 0 Å². The third-order valence-corrected chi connectivity index (χ3v) is 5.03. The van der Waals surface area contributed by atoms with Crippen molar-refractivity contribution in [3.05, 3.63) is 40.5 Å². The van der Waals surface area contributed by atoms with Crippen LogP contribution in [0.1, 0.15) is 5.56 Å². The number of fused-ring (bicyclic) bond motifs is 1. The predicted molar refractivity (Wildman–Crippen MR) is 84.0 cm³/mol. The van der Waals surface area contributed by atoms with Gasteiger partial charge in [-0.15, -0.1) is 0 Å². The van der Waals surface area contributed by atoms with E-state index in [0.717, 1.165) is 20.9 Å². The normalized spacial score (nSPS) is 11.9. The second-order valence-electron chi connectivity index (χ2n) is 4.31. The van der Waals surface area contributed by atoms with Crippen LogP contribution in [0.3, 0.4) is 0 Å². The summed E-state index contributed by atoms with van der Waals surface area (Å²) in [6.45, 7) is 0.980. The molecule has 108 valence electrons. The molecule has 0 aliphatic rings. The lowest BCUT2D eigenvalue weighted by molar-refractivity contribution is 0.583. The first-order valence-electron chi connectivity index (χ1n) is 6.17. The van der Waals surface area contributed by atoms with Crippen molar-refractivity contribution < 1.29 is 8.42 Å². The maximum Gasteiger partial charge on any atom is 0.212 e. The van der Waals surface area contributed by atoms with Crippen molar-refractivity contribution >= 4 is 36.9 Å². The van der Waals surface area contributed by atoms with Gasteiger partial charge in [-0.25, -0.2) is 13.1 Å². The van der Waals surface area contributed by atoms with E-state index >= 15 is 0 Å². The van der Waals surface area contributed by atoms with E-state index in [1.807, 2.05) is 24.3 Å².